The standard InChI is InChI=1S/C39H48N6O7/c1-6-8-18-31(47)40-25(5)34(26-14-10-9-11-15-26)51-38(50)32-30-19-20-39(52-30)33(32)36(48)45(29(22-46)24(3)4)35(39)37(49)43(21-7-2)23-44-28-17-13-12-16-27(28)41-42-44/h6-7,9-17,24-25,29-30,32-35,46H,1-2,8,18-23H2,3-5H3,(H,40,47)/t25-,29-,30-,32+,33+,34-,35-,39+/m0/s1. The van der Waals surface area contributed by atoms with Crippen LogP contribution in [0.4, 0.5) is 0 Å². The summed E-state index contributed by atoms with van der Waals surface area (Å²) < 4.78 is 14.6. The molecule has 3 aliphatic rings. The van der Waals surface area contributed by atoms with Gasteiger partial charge in [-0.2, -0.15) is 0 Å². The molecule has 4 heterocycles. The van der Waals surface area contributed by atoms with Gasteiger partial charge in [-0.25, -0.2) is 4.68 Å². The number of esters is 1. The maximum Gasteiger partial charge on any atom is 0.313 e. The van der Waals surface area contributed by atoms with Crippen molar-refractivity contribution in [3.63, 3.8) is 0 Å². The summed E-state index contributed by atoms with van der Waals surface area (Å²) in [5, 5.41) is 22.1. The van der Waals surface area contributed by atoms with Gasteiger partial charge in [-0.05, 0) is 49.8 Å². The van der Waals surface area contributed by atoms with E-state index in [-0.39, 0.29) is 38.1 Å². The molecule has 0 radical (unpaired) electrons. The number of hydrogen-bond donors (Lipinski definition) is 2. The van der Waals surface area contributed by atoms with Crippen molar-refractivity contribution in [3.8, 4) is 0 Å². The topological polar surface area (TPSA) is 156 Å². The molecule has 0 unspecified atom stereocenters. The number of aliphatic hydroxyl groups is 1. The smallest absolute Gasteiger partial charge is 0.313 e. The summed E-state index contributed by atoms with van der Waals surface area (Å²) in [6.07, 6.45) is 3.30. The summed E-state index contributed by atoms with van der Waals surface area (Å²) in [5.74, 6) is -3.92. The Hall–Kier alpha value is -4.88. The molecule has 3 amide bonds. The number of hydrogen-bond acceptors (Lipinski definition) is 9. The summed E-state index contributed by atoms with van der Waals surface area (Å²) >= 11 is 0. The van der Waals surface area contributed by atoms with Crippen molar-refractivity contribution in [2.24, 2.45) is 17.8 Å². The number of nitrogens with zero attached hydrogens (tertiary/aromatic N) is 5. The lowest BCUT2D eigenvalue weighted by Gasteiger charge is -2.40. The lowest BCUT2D eigenvalue weighted by atomic mass is 9.70. The lowest BCUT2D eigenvalue weighted by molar-refractivity contribution is -0.163. The van der Waals surface area contributed by atoms with Crippen LogP contribution in [0.3, 0.4) is 0 Å². The van der Waals surface area contributed by atoms with Gasteiger partial charge in [0.05, 0.1) is 42.1 Å². The SMILES string of the molecule is C=CCCC(=O)N[C@@H](C)[C@H](OC(=O)[C@@H]1[C@@H]2CC[C@]3(O2)[C@H](C(=O)N(CC=C)Cn2nnc4ccccc42)N([C@@H](CO)C(C)C)C(=O)[C@@H]13)c1ccccc1. The average molecular weight is 713 g/mol. The van der Waals surface area contributed by atoms with E-state index in [1.54, 1.807) is 28.7 Å². The molecule has 13 nitrogen and oxygen atoms in total. The van der Waals surface area contributed by atoms with Crippen molar-refractivity contribution in [2.45, 2.75) is 89.1 Å². The van der Waals surface area contributed by atoms with Crippen molar-refractivity contribution in [3.05, 3.63) is 85.5 Å². The summed E-state index contributed by atoms with van der Waals surface area (Å²) in [6, 6.07) is 14.1. The summed E-state index contributed by atoms with van der Waals surface area (Å²) in [5.41, 5.74) is 0.750. The number of aromatic nitrogens is 3. The molecule has 2 bridgehead atoms. The first-order valence-electron chi connectivity index (χ1n) is 18.0. The monoisotopic (exact) mass is 712 g/mol. The first-order valence-corrected chi connectivity index (χ1v) is 18.0. The lowest BCUT2D eigenvalue weighted by Crippen LogP contribution is -2.59. The Morgan fingerprint density at radius 1 is 1.12 bits per heavy atom. The van der Waals surface area contributed by atoms with Crippen LogP contribution >= 0.6 is 0 Å². The number of ether oxygens (including phenoxy) is 2. The van der Waals surface area contributed by atoms with E-state index in [0.717, 1.165) is 5.52 Å². The summed E-state index contributed by atoms with van der Waals surface area (Å²) in [4.78, 5) is 59.8. The highest BCUT2D eigenvalue weighted by Crippen LogP contribution is 2.59. The Balaban J connectivity index is 1.34. The third kappa shape index (κ3) is 6.63. The van der Waals surface area contributed by atoms with Crippen LogP contribution in [0.25, 0.3) is 11.0 Å². The number of benzene rings is 2. The summed E-state index contributed by atoms with van der Waals surface area (Å²) in [7, 11) is 0. The van der Waals surface area contributed by atoms with Gasteiger partial charge >= 0.3 is 5.97 Å². The number of allylic oxidation sites excluding steroid dienone is 1. The number of nitrogens with one attached hydrogen (secondary N) is 1. The molecule has 1 aromatic heterocycles. The molecular formula is C39H48N6O7. The fourth-order valence-electron chi connectivity index (χ4n) is 8.29. The van der Waals surface area contributed by atoms with Crippen molar-refractivity contribution < 1.29 is 33.8 Å². The average Bonchev–Trinajstić information content (AvgIpc) is 3.89. The molecule has 1 spiro atoms. The second-order valence-corrected chi connectivity index (χ2v) is 14.3. The highest BCUT2D eigenvalue weighted by molar-refractivity contribution is 5.98. The first-order chi connectivity index (χ1) is 25.1. The summed E-state index contributed by atoms with van der Waals surface area (Å²) in [6.45, 7) is 12.9. The predicted octanol–water partition coefficient (Wildman–Crippen LogP) is 3.55. The minimum atomic E-state index is -1.33. The quantitative estimate of drug-likeness (QED) is 0.168. The van der Waals surface area contributed by atoms with E-state index < -0.39 is 65.6 Å². The Morgan fingerprint density at radius 3 is 2.54 bits per heavy atom. The largest absolute Gasteiger partial charge is 0.455 e. The highest BCUT2D eigenvalue weighted by atomic mass is 16.6. The van der Waals surface area contributed by atoms with Crippen LogP contribution in [0.15, 0.2) is 79.9 Å². The zero-order valence-corrected chi connectivity index (χ0v) is 30.0. The van der Waals surface area contributed by atoms with Crippen LogP contribution in [0, 0.1) is 17.8 Å². The molecular weight excluding hydrogens is 664 g/mol. The number of carbonyl (C=O) groups excluding carboxylic acids is 4. The predicted molar refractivity (Wildman–Crippen MR) is 192 cm³/mol. The molecule has 276 valence electrons. The first kappa shape index (κ1) is 36.9. The van der Waals surface area contributed by atoms with Gasteiger partial charge < -0.3 is 29.7 Å². The van der Waals surface area contributed by atoms with E-state index in [4.69, 9.17) is 9.47 Å². The van der Waals surface area contributed by atoms with E-state index >= 15 is 0 Å². The van der Waals surface area contributed by atoms with Crippen molar-refractivity contribution in [1.29, 1.82) is 0 Å². The Labute approximate surface area is 303 Å². The molecule has 3 fully saturated rings. The van der Waals surface area contributed by atoms with Crippen LogP contribution in [0.5, 0.6) is 0 Å². The highest BCUT2D eigenvalue weighted by Gasteiger charge is 2.76. The number of para-hydroxylation sites is 1. The van der Waals surface area contributed by atoms with Crippen LogP contribution in [-0.2, 0) is 35.3 Å². The van der Waals surface area contributed by atoms with Gasteiger partial charge in [0.25, 0.3) is 0 Å². The van der Waals surface area contributed by atoms with E-state index in [1.807, 2.05) is 68.4 Å². The van der Waals surface area contributed by atoms with Gasteiger partial charge in [-0.3, -0.25) is 19.2 Å². The minimum Gasteiger partial charge on any atom is -0.455 e. The molecule has 2 aromatic carbocycles. The number of aliphatic hydroxyl groups excluding tert-OH is 1. The third-order valence-corrected chi connectivity index (χ3v) is 10.7. The number of fused-ring (bicyclic) bond motifs is 2. The second kappa shape index (κ2) is 15.4. The van der Waals surface area contributed by atoms with Crippen LogP contribution in [0.2, 0.25) is 0 Å². The molecule has 52 heavy (non-hydrogen) atoms. The fraction of sp³-hybridized carbons (Fsp3) is 0.487. The normalized spacial score (nSPS) is 25.1. The van der Waals surface area contributed by atoms with Gasteiger partial charge in [-0.1, -0.05) is 73.7 Å². The van der Waals surface area contributed by atoms with Gasteiger partial charge in [-0.15, -0.1) is 18.3 Å². The molecule has 3 aliphatic heterocycles. The molecule has 13 heteroatoms. The van der Waals surface area contributed by atoms with E-state index in [9.17, 15) is 24.3 Å². The Kier molecular flexibility index (Phi) is 10.9. The number of rotatable bonds is 16. The van der Waals surface area contributed by atoms with Crippen molar-refractivity contribution in [2.75, 3.05) is 13.2 Å². The zero-order chi connectivity index (χ0) is 37.2. The Morgan fingerprint density at radius 2 is 1.85 bits per heavy atom. The molecule has 3 saturated heterocycles. The van der Waals surface area contributed by atoms with E-state index in [0.29, 0.717) is 30.3 Å². The van der Waals surface area contributed by atoms with Crippen LogP contribution < -0.4 is 5.32 Å². The molecule has 0 aliphatic carbocycles. The van der Waals surface area contributed by atoms with Crippen molar-refractivity contribution in [1.82, 2.24) is 30.1 Å². The van der Waals surface area contributed by atoms with Gasteiger partial charge in [0.15, 0.2) is 0 Å². The molecule has 3 aromatic rings. The minimum absolute atomic E-state index is 0.0280. The zero-order valence-electron chi connectivity index (χ0n) is 30.0. The number of amides is 3. The third-order valence-electron chi connectivity index (χ3n) is 10.7. The van der Waals surface area contributed by atoms with E-state index in [1.165, 1.54) is 4.90 Å². The maximum atomic E-state index is 14.9. The van der Waals surface area contributed by atoms with Crippen molar-refractivity contribution >= 4 is 34.7 Å². The Bertz CT molecular complexity index is 1810. The maximum absolute atomic E-state index is 14.9. The van der Waals surface area contributed by atoms with E-state index in [2.05, 4.69) is 28.8 Å². The number of carbonyl (C=O) groups is 4. The second-order valence-electron chi connectivity index (χ2n) is 14.3. The molecule has 2 N–H and O–H groups in total. The molecule has 0 saturated carbocycles. The van der Waals surface area contributed by atoms with Crippen LogP contribution in [0.1, 0.15) is 58.1 Å². The molecule has 6 rings (SSSR count). The van der Waals surface area contributed by atoms with Crippen LogP contribution in [-0.4, -0.2) is 96.6 Å². The number of likely N-dealkylation sites (tertiary alicyclic amines) is 1. The van der Waals surface area contributed by atoms with Gasteiger partial charge in [0, 0.05) is 13.0 Å². The van der Waals surface area contributed by atoms with Gasteiger partial charge in [0.1, 0.15) is 29.9 Å². The van der Waals surface area contributed by atoms with Gasteiger partial charge in [0.2, 0.25) is 17.7 Å². The fourth-order valence-corrected chi connectivity index (χ4v) is 8.29. The molecule has 8 atom stereocenters.